The van der Waals surface area contributed by atoms with Gasteiger partial charge in [-0.3, -0.25) is 14.9 Å². The van der Waals surface area contributed by atoms with Gasteiger partial charge < -0.3 is 9.73 Å². The highest BCUT2D eigenvalue weighted by Gasteiger charge is 2.15. The number of thiazole rings is 1. The molecule has 0 saturated carbocycles. The summed E-state index contributed by atoms with van der Waals surface area (Å²) in [5, 5.41) is 6.72. The summed E-state index contributed by atoms with van der Waals surface area (Å²) in [5.74, 6) is 0.0673. The van der Waals surface area contributed by atoms with Crippen LogP contribution in [0.25, 0.3) is 21.5 Å². The maximum atomic E-state index is 12.5. The first-order valence-corrected chi connectivity index (χ1v) is 10.0. The van der Waals surface area contributed by atoms with Gasteiger partial charge in [0.15, 0.2) is 10.9 Å². The molecule has 0 fully saturated rings. The number of carbonyl (C=O) groups is 2. The fourth-order valence-corrected chi connectivity index (χ4v) is 3.88. The van der Waals surface area contributed by atoms with Crippen LogP contribution in [0.4, 0.5) is 10.8 Å². The molecule has 2 N–H and O–H groups in total. The monoisotopic (exact) mass is 445 g/mol. The number of hydrogen-bond donors (Lipinski definition) is 2. The van der Waals surface area contributed by atoms with Gasteiger partial charge in [0.25, 0.3) is 5.91 Å². The van der Waals surface area contributed by atoms with Crippen molar-refractivity contribution in [1.29, 1.82) is 0 Å². The van der Waals surface area contributed by atoms with Crippen molar-refractivity contribution >= 4 is 67.4 Å². The third kappa shape index (κ3) is 4.27. The van der Waals surface area contributed by atoms with Crippen LogP contribution in [0.2, 0.25) is 10.0 Å². The zero-order valence-electron chi connectivity index (χ0n) is 15.0. The van der Waals surface area contributed by atoms with E-state index in [-0.39, 0.29) is 11.7 Å². The van der Waals surface area contributed by atoms with Gasteiger partial charge in [-0.1, -0.05) is 34.5 Å². The Morgan fingerprint density at radius 1 is 1.00 bits per heavy atom. The second-order valence-electron chi connectivity index (χ2n) is 6.13. The number of fused-ring (bicyclic) bond motifs is 1. The summed E-state index contributed by atoms with van der Waals surface area (Å²) >= 11 is 13.3. The highest BCUT2D eigenvalue weighted by atomic mass is 35.5. The lowest BCUT2D eigenvalue weighted by atomic mass is 10.2. The molecule has 0 saturated heterocycles. The van der Waals surface area contributed by atoms with E-state index >= 15 is 0 Å². The number of aromatic nitrogens is 1. The molecular formula is C20H13Cl2N3O3S. The number of nitrogens with one attached hydrogen (secondary N) is 2. The van der Waals surface area contributed by atoms with Crippen LogP contribution in [0, 0.1) is 0 Å². The number of carbonyl (C=O) groups excluding carboxylic acids is 2. The van der Waals surface area contributed by atoms with Crippen LogP contribution in [0.5, 0.6) is 0 Å². The van der Waals surface area contributed by atoms with Crippen LogP contribution in [0.15, 0.2) is 52.9 Å². The Balaban J connectivity index is 1.52. The fraction of sp³-hybridized carbons (Fsp3) is 0.0500. The molecule has 2 amide bonds. The summed E-state index contributed by atoms with van der Waals surface area (Å²) in [5.41, 5.74) is 2.10. The van der Waals surface area contributed by atoms with E-state index in [9.17, 15) is 9.59 Å². The van der Waals surface area contributed by atoms with Crippen LogP contribution in [0.1, 0.15) is 17.5 Å². The number of amides is 2. The van der Waals surface area contributed by atoms with E-state index in [1.165, 1.54) is 18.3 Å². The van der Waals surface area contributed by atoms with E-state index in [2.05, 4.69) is 15.6 Å². The van der Waals surface area contributed by atoms with E-state index in [4.69, 9.17) is 27.6 Å². The number of benzene rings is 2. The number of rotatable bonds is 4. The van der Waals surface area contributed by atoms with Crippen molar-refractivity contribution in [3.8, 4) is 11.3 Å². The first-order chi connectivity index (χ1) is 13.9. The summed E-state index contributed by atoms with van der Waals surface area (Å²) in [7, 11) is 0. The van der Waals surface area contributed by atoms with Crippen molar-refractivity contribution in [2.24, 2.45) is 0 Å². The van der Waals surface area contributed by atoms with Crippen molar-refractivity contribution in [1.82, 2.24) is 4.98 Å². The smallest absolute Gasteiger partial charge is 0.293 e. The SMILES string of the molecule is CC(=O)Nc1ccc2nc(NC(=O)c3ccc(-c4ccc(Cl)c(Cl)c4)o3)sc2c1. The minimum absolute atomic E-state index is 0.143. The third-order valence-electron chi connectivity index (χ3n) is 3.96. The molecular weight excluding hydrogens is 433 g/mol. The topological polar surface area (TPSA) is 84.2 Å². The molecule has 0 radical (unpaired) electrons. The maximum Gasteiger partial charge on any atom is 0.293 e. The summed E-state index contributed by atoms with van der Waals surface area (Å²) < 4.78 is 6.49. The van der Waals surface area contributed by atoms with E-state index in [0.717, 1.165) is 10.2 Å². The molecule has 0 atom stereocenters. The van der Waals surface area contributed by atoms with Crippen molar-refractivity contribution in [3.63, 3.8) is 0 Å². The number of halogens is 2. The summed E-state index contributed by atoms with van der Waals surface area (Å²) in [6, 6.07) is 13.7. The molecule has 0 unspecified atom stereocenters. The molecule has 0 aliphatic rings. The van der Waals surface area contributed by atoms with Crippen LogP contribution in [-0.2, 0) is 4.79 Å². The number of furan rings is 1. The molecule has 9 heteroatoms. The predicted molar refractivity (Wildman–Crippen MR) is 116 cm³/mol. The van der Waals surface area contributed by atoms with Crippen molar-refractivity contribution in [2.75, 3.05) is 10.6 Å². The van der Waals surface area contributed by atoms with Crippen LogP contribution in [-0.4, -0.2) is 16.8 Å². The van der Waals surface area contributed by atoms with Gasteiger partial charge >= 0.3 is 0 Å². The largest absolute Gasteiger partial charge is 0.451 e. The van der Waals surface area contributed by atoms with E-state index < -0.39 is 5.91 Å². The van der Waals surface area contributed by atoms with Crippen molar-refractivity contribution in [3.05, 3.63) is 64.3 Å². The Labute approximate surface area is 179 Å². The molecule has 0 spiro atoms. The van der Waals surface area contributed by atoms with Gasteiger partial charge in [0.05, 0.1) is 20.3 Å². The van der Waals surface area contributed by atoms with Gasteiger partial charge in [-0.15, -0.1) is 0 Å². The quantitative estimate of drug-likeness (QED) is 0.398. The Hall–Kier alpha value is -2.87. The zero-order chi connectivity index (χ0) is 20.5. The van der Waals surface area contributed by atoms with Gasteiger partial charge in [-0.25, -0.2) is 4.98 Å². The standard InChI is InChI=1S/C20H13Cl2N3O3S/c1-10(26)23-12-3-5-15-18(9-12)29-20(24-15)25-19(27)17-7-6-16(28-17)11-2-4-13(21)14(22)8-11/h2-9H,1H3,(H,23,26)(H,24,25,27). The van der Waals surface area contributed by atoms with E-state index in [1.54, 1.807) is 48.5 Å². The molecule has 6 nitrogen and oxygen atoms in total. The third-order valence-corrected chi connectivity index (χ3v) is 5.64. The van der Waals surface area contributed by atoms with Crippen LogP contribution < -0.4 is 10.6 Å². The molecule has 4 rings (SSSR count). The average Bonchev–Trinajstić information content (AvgIpc) is 3.30. The second kappa shape index (κ2) is 7.87. The van der Waals surface area contributed by atoms with Gasteiger partial charge in [-0.2, -0.15) is 0 Å². The lowest BCUT2D eigenvalue weighted by molar-refractivity contribution is -0.114. The first kappa shape index (κ1) is 19.4. The molecule has 2 aromatic heterocycles. The van der Waals surface area contributed by atoms with E-state index in [1.807, 2.05) is 0 Å². The lowest BCUT2D eigenvalue weighted by Crippen LogP contribution is -2.10. The van der Waals surface area contributed by atoms with Gasteiger partial charge in [0, 0.05) is 18.2 Å². The summed E-state index contributed by atoms with van der Waals surface area (Å²) in [4.78, 5) is 28.1. The van der Waals surface area contributed by atoms with Gasteiger partial charge in [0.1, 0.15) is 5.76 Å². The Kier molecular flexibility index (Phi) is 5.27. The predicted octanol–water partition coefficient (Wildman–Crippen LogP) is 6.07. The van der Waals surface area contributed by atoms with E-state index in [0.29, 0.717) is 32.2 Å². The molecule has 4 aromatic rings. The molecule has 29 heavy (non-hydrogen) atoms. The summed E-state index contributed by atoms with van der Waals surface area (Å²) in [6.07, 6.45) is 0. The second-order valence-corrected chi connectivity index (χ2v) is 7.97. The van der Waals surface area contributed by atoms with Crippen LogP contribution in [0.3, 0.4) is 0 Å². The first-order valence-electron chi connectivity index (χ1n) is 8.44. The molecule has 2 heterocycles. The average molecular weight is 446 g/mol. The lowest BCUT2D eigenvalue weighted by Gasteiger charge is -2.00. The Bertz CT molecular complexity index is 1250. The number of anilines is 2. The molecule has 0 aliphatic carbocycles. The normalized spacial score (nSPS) is 10.9. The minimum atomic E-state index is -0.419. The minimum Gasteiger partial charge on any atom is -0.451 e. The molecule has 2 aromatic carbocycles. The molecule has 146 valence electrons. The molecule has 0 aliphatic heterocycles. The number of nitrogens with zero attached hydrogens (tertiary/aromatic N) is 1. The fourth-order valence-electron chi connectivity index (χ4n) is 2.68. The Morgan fingerprint density at radius 2 is 1.83 bits per heavy atom. The summed E-state index contributed by atoms with van der Waals surface area (Å²) in [6.45, 7) is 1.44. The van der Waals surface area contributed by atoms with Crippen molar-refractivity contribution in [2.45, 2.75) is 6.92 Å². The highest BCUT2D eigenvalue weighted by Crippen LogP contribution is 2.31. The molecule has 0 bridgehead atoms. The van der Waals surface area contributed by atoms with Crippen molar-refractivity contribution < 1.29 is 14.0 Å². The van der Waals surface area contributed by atoms with Gasteiger partial charge in [-0.05, 0) is 48.5 Å². The van der Waals surface area contributed by atoms with Crippen LogP contribution >= 0.6 is 34.5 Å². The Morgan fingerprint density at radius 3 is 2.59 bits per heavy atom. The van der Waals surface area contributed by atoms with Gasteiger partial charge in [0.2, 0.25) is 5.91 Å². The highest BCUT2D eigenvalue weighted by molar-refractivity contribution is 7.22. The number of hydrogen-bond acceptors (Lipinski definition) is 5. The zero-order valence-corrected chi connectivity index (χ0v) is 17.3. The maximum absolute atomic E-state index is 12.5.